The number of halogens is 1. The molecule has 140 valence electrons. The molecule has 0 bridgehead atoms. The Morgan fingerprint density at radius 3 is 2.69 bits per heavy atom. The molecule has 1 aromatic rings. The van der Waals surface area contributed by atoms with Crippen molar-refractivity contribution in [2.45, 2.75) is 32.1 Å². The molecule has 2 aliphatic heterocycles. The van der Waals surface area contributed by atoms with E-state index in [1.165, 1.54) is 6.07 Å². The molecule has 5 nitrogen and oxygen atoms in total. The number of hydrogen-bond donors (Lipinski definition) is 1. The van der Waals surface area contributed by atoms with Gasteiger partial charge >= 0.3 is 0 Å². The van der Waals surface area contributed by atoms with E-state index in [4.69, 9.17) is 11.6 Å². The Labute approximate surface area is 159 Å². The molecule has 2 fully saturated rings. The van der Waals surface area contributed by atoms with Crippen molar-refractivity contribution < 1.29 is 14.7 Å². The lowest BCUT2D eigenvalue weighted by atomic mass is 9.72. The second kappa shape index (κ2) is 7.70. The Kier molecular flexibility index (Phi) is 5.56. The molecule has 26 heavy (non-hydrogen) atoms. The molecule has 2 saturated heterocycles. The van der Waals surface area contributed by atoms with Crippen molar-refractivity contribution in [2.24, 2.45) is 5.41 Å². The zero-order valence-corrected chi connectivity index (χ0v) is 15.7. The molecular formula is C20H25ClN2O3. The second-order valence-electron chi connectivity index (χ2n) is 7.41. The third-order valence-electron chi connectivity index (χ3n) is 5.64. The van der Waals surface area contributed by atoms with Crippen LogP contribution in [0.15, 0.2) is 30.9 Å². The molecule has 1 spiro atoms. The summed E-state index contributed by atoms with van der Waals surface area (Å²) in [6.07, 6.45) is 5.42. The van der Waals surface area contributed by atoms with Gasteiger partial charge in [0.15, 0.2) is 0 Å². The Hall–Kier alpha value is -2.01. The number of carbonyl (C=O) groups is 2. The molecule has 2 heterocycles. The highest BCUT2D eigenvalue weighted by atomic mass is 35.5. The van der Waals surface area contributed by atoms with Crippen molar-refractivity contribution in [3.8, 4) is 5.75 Å². The quantitative estimate of drug-likeness (QED) is 0.822. The van der Waals surface area contributed by atoms with Gasteiger partial charge in [0, 0.05) is 32.6 Å². The zero-order chi connectivity index (χ0) is 18.7. The van der Waals surface area contributed by atoms with Gasteiger partial charge in [-0.05, 0) is 42.4 Å². The highest BCUT2D eigenvalue weighted by Gasteiger charge is 2.41. The van der Waals surface area contributed by atoms with E-state index < -0.39 is 0 Å². The van der Waals surface area contributed by atoms with Crippen molar-refractivity contribution in [2.75, 3.05) is 26.2 Å². The first kappa shape index (κ1) is 18.8. The van der Waals surface area contributed by atoms with Crippen LogP contribution < -0.4 is 0 Å². The van der Waals surface area contributed by atoms with E-state index in [2.05, 4.69) is 6.58 Å². The molecule has 1 N–H and O–H groups in total. The summed E-state index contributed by atoms with van der Waals surface area (Å²) < 4.78 is 0. The first-order valence-electron chi connectivity index (χ1n) is 9.06. The predicted molar refractivity (Wildman–Crippen MR) is 101 cm³/mol. The molecule has 0 unspecified atom stereocenters. The summed E-state index contributed by atoms with van der Waals surface area (Å²) in [6, 6.07) is 4.88. The Morgan fingerprint density at radius 2 is 2.04 bits per heavy atom. The summed E-state index contributed by atoms with van der Waals surface area (Å²) in [5, 5.41) is 9.75. The molecule has 0 aliphatic carbocycles. The minimum absolute atomic E-state index is 0.0266. The largest absolute Gasteiger partial charge is 0.506 e. The maximum Gasteiger partial charge on any atom is 0.226 e. The summed E-state index contributed by atoms with van der Waals surface area (Å²) in [4.78, 5) is 28.4. The SMILES string of the molecule is C=CCN1CC2(CCC1=O)CCN(C(=O)Cc1ccc(O)c(Cl)c1)CC2. The summed E-state index contributed by atoms with van der Waals surface area (Å²) in [5.74, 6) is 0.313. The first-order chi connectivity index (χ1) is 12.4. The maximum absolute atomic E-state index is 12.6. The second-order valence-corrected chi connectivity index (χ2v) is 7.81. The highest BCUT2D eigenvalue weighted by Crippen LogP contribution is 2.40. The van der Waals surface area contributed by atoms with E-state index in [1.807, 2.05) is 9.80 Å². The maximum atomic E-state index is 12.6. The van der Waals surface area contributed by atoms with Crippen molar-refractivity contribution in [3.63, 3.8) is 0 Å². The standard InChI is InChI=1S/C20H25ClN2O3/c1-2-9-23-14-20(6-5-18(23)25)7-10-22(11-8-20)19(26)13-15-3-4-17(24)16(21)12-15/h2-4,12,24H,1,5-11,13-14H2. The summed E-state index contributed by atoms with van der Waals surface area (Å²) in [6.45, 7) is 6.56. The molecule has 1 aromatic carbocycles. The first-order valence-corrected chi connectivity index (χ1v) is 9.44. The molecule has 2 amide bonds. The number of phenolic OH excluding ortho intramolecular Hbond substituents is 1. The van der Waals surface area contributed by atoms with Crippen LogP contribution in [0.1, 0.15) is 31.2 Å². The number of likely N-dealkylation sites (tertiary alicyclic amines) is 2. The van der Waals surface area contributed by atoms with Gasteiger partial charge in [0.2, 0.25) is 11.8 Å². The third kappa shape index (κ3) is 4.04. The van der Waals surface area contributed by atoms with Crippen LogP contribution in [0.3, 0.4) is 0 Å². The molecule has 6 heteroatoms. The van der Waals surface area contributed by atoms with Crippen LogP contribution in [0.25, 0.3) is 0 Å². The van der Waals surface area contributed by atoms with Crippen LogP contribution in [0.4, 0.5) is 0 Å². The number of nitrogens with zero attached hydrogens (tertiary/aromatic N) is 2. The fourth-order valence-electron chi connectivity index (χ4n) is 4.01. The highest BCUT2D eigenvalue weighted by molar-refractivity contribution is 6.32. The fourth-order valence-corrected chi connectivity index (χ4v) is 4.21. The van der Waals surface area contributed by atoms with Crippen LogP contribution in [-0.2, 0) is 16.0 Å². The van der Waals surface area contributed by atoms with Crippen molar-refractivity contribution in [1.29, 1.82) is 0 Å². The lowest BCUT2D eigenvalue weighted by molar-refractivity contribution is -0.141. The van der Waals surface area contributed by atoms with Crippen LogP contribution >= 0.6 is 11.6 Å². The molecular weight excluding hydrogens is 352 g/mol. The van der Waals surface area contributed by atoms with Crippen molar-refractivity contribution >= 4 is 23.4 Å². The van der Waals surface area contributed by atoms with Crippen molar-refractivity contribution in [1.82, 2.24) is 9.80 Å². The molecule has 0 aromatic heterocycles. The number of hydrogen-bond acceptors (Lipinski definition) is 3. The molecule has 2 aliphatic rings. The van der Waals surface area contributed by atoms with Crippen LogP contribution in [0.2, 0.25) is 5.02 Å². The predicted octanol–water partition coefficient (Wildman–Crippen LogP) is 3.01. The Bertz CT molecular complexity index is 711. The molecule has 0 radical (unpaired) electrons. The molecule has 0 atom stereocenters. The topological polar surface area (TPSA) is 60.9 Å². The van der Waals surface area contributed by atoms with Gasteiger partial charge in [-0.15, -0.1) is 6.58 Å². The van der Waals surface area contributed by atoms with E-state index in [-0.39, 0.29) is 34.4 Å². The van der Waals surface area contributed by atoms with Gasteiger partial charge in [-0.2, -0.15) is 0 Å². The number of carbonyl (C=O) groups excluding carboxylic acids is 2. The number of piperidine rings is 2. The summed E-state index contributed by atoms with van der Waals surface area (Å²) in [7, 11) is 0. The lowest BCUT2D eigenvalue weighted by Gasteiger charge is -2.47. The lowest BCUT2D eigenvalue weighted by Crippen LogP contribution is -2.52. The fraction of sp³-hybridized carbons (Fsp3) is 0.500. The summed E-state index contributed by atoms with van der Waals surface area (Å²) >= 11 is 5.92. The minimum atomic E-state index is 0.0266. The van der Waals surface area contributed by atoms with Crippen molar-refractivity contribution in [3.05, 3.63) is 41.4 Å². The van der Waals surface area contributed by atoms with Gasteiger partial charge in [0.25, 0.3) is 0 Å². The zero-order valence-electron chi connectivity index (χ0n) is 14.9. The van der Waals surface area contributed by atoms with Gasteiger partial charge < -0.3 is 14.9 Å². The average molecular weight is 377 g/mol. The Morgan fingerprint density at radius 1 is 1.31 bits per heavy atom. The van der Waals surface area contributed by atoms with Crippen LogP contribution in [0.5, 0.6) is 5.75 Å². The van der Waals surface area contributed by atoms with E-state index >= 15 is 0 Å². The minimum Gasteiger partial charge on any atom is -0.506 e. The van der Waals surface area contributed by atoms with Crippen LogP contribution in [0, 0.1) is 5.41 Å². The number of rotatable bonds is 4. The normalized spacial score (nSPS) is 19.7. The van der Waals surface area contributed by atoms with Crippen LogP contribution in [-0.4, -0.2) is 52.9 Å². The van der Waals surface area contributed by atoms with E-state index in [0.29, 0.717) is 13.0 Å². The van der Waals surface area contributed by atoms with Gasteiger partial charge in [-0.1, -0.05) is 23.7 Å². The third-order valence-corrected chi connectivity index (χ3v) is 5.94. The van der Waals surface area contributed by atoms with Gasteiger partial charge in [-0.25, -0.2) is 0 Å². The Balaban J connectivity index is 1.57. The van der Waals surface area contributed by atoms with Gasteiger partial charge in [-0.3, -0.25) is 9.59 Å². The average Bonchev–Trinajstić information content (AvgIpc) is 2.62. The molecule has 0 saturated carbocycles. The van der Waals surface area contributed by atoms with E-state index in [9.17, 15) is 14.7 Å². The molecule has 3 rings (SSSR count). The summed E-state index contributed by atoms with van der Waals surface area (Å²) in [5.41, 5.74) is 0.939. The smallest absolute Gasteiger partial charge is 0.226 e. The van der Waals surface area contributed by atoms with Gasteiger partial charge in [0.05, 0.1) is 11.4 Å². The number of aromatic hydroxyl groups is 1. The number of amides is 2. The number of benzene rings is 1. The monoisotopic (exact) mass is 376 g/mol. The van der Waals surface area contributed by atoms with E-state index in [0.717, 1.165) is 44.5 Å². The number of phenols is 1. The van der Waals surface area contributed by atoms with Gasteiger partial charge in [0.1, 0.15) is 5.75 Å². The van der Waals surface area contributed by atoms with E-state index in [1.54, 1.807) is 18.2 Å².